The Hall–Kier alpha value is -3.17. The second-order valence-electron chi connectivity index (χ2n) is 8.52. The van der Waals surface area contributed by atoms with Gasteiger partial charge in [-0.25, -0.2) is 5.26 Å². The van der Waals surface area contributed by atoms with Crippen LogP contribution in [-0.4, -0.2) is 29.6 Å². The topological polar surface area (TPSA) is 87.4 Å². The number of unbranched alkanes of at least 4 members (excludes halogenated alkanes) is 2. The number of hydrogen-bond acceptors (Lipinski definition) is 5. The summed E-state index contributed by atoms with van der Waals surface area (Å²) >= 11 is 0. The smallest absolute Gasteiger partial charge is 0.267 e. The van der Waals surface area contributed by atoms with Gasteiger partial charge in [0, 0.05) is 6.42 Å². The highest BCUT2D eigenvalue weighted by molar-refractivity contribution is 6.45. The number of benzene rings is 1. The first-order valence-electron chi connectivity index (χ1n) is 11.4. The number of phenolic OH excluding ortho intramolecular Hbond substituents is 1. The number of fused-ring (bicyclic) bond motifs is 1. The molecule has 1 aromatic rings. The molecule has 0 saturated heterocycles. The maximum atomic E-state index is 12.9. The van der Waals surface area contributed by atoms with E-state index in [-0.39, 0.29) is 22.9 Å². The number of nitriles is 1. The van der Waals surface area contributed by atoms with Gasteiger partial charge in [0.1, 0.15) is 28.4 Å². The van der Waals surface area contributed by atoms with Gasteiger partial charge < -0.3 is 14.6 Å². The van der Waals surface area contributed by atoms with Crippen molar-refractivity contribution in [2.24, 2.45) is 5.92 Å². The second kappa shape index (κ2) is 14.1. The third-order valence-corrected chi connectivity index (χ3v) is 5.34. The molecule has 2 rings (SSSR count). The van der Waals surface area contributed by atoms with Gasteiger partial charge in [-0.3, -0.25) is 4.79 Å². The van der Waals surface area contributed by atoms with Crippen LogP contribution in [0.4, 0.5) is 0 Å². The van der Waals surface area contributed by atoms with Crippen molar-refractivity contribution >= 4 is 18.8 Å². The van der Waals surface area contributed by atoms with E-state index in [0.717, 1.165) is 31.2 Å². The summed E-state index contributed by atoms with van der Waals surface area (Å²) in [4.78, 5) is 24.2. The molecule has 1 N–H and O–H groups in total. The molecule has 0 bridgehead atoms. The molecule has 0 saturated carbocycles. The lowest BCUT2D eigenvalue weighted by atomic mass is 9.78. The molecule has 33 heavy (non-hydrogen) atoms. The standard InChI is InChI=1S/C20H28O4.C7H5BN/c1-5-6-7-8-14-11-16(22)18-17(12-14)24-20(3,4)15(19(18)23)10-9-13(2)21;1-2-3-4-5-6-8-7-9/h11-12,15,22H,5-10H2,1-4H3;6H2,1H3. The van der Waals surface area contributed by atoms with Crippen LogP contribution in [0, 0.1) is 40.8 Å². The Bertz CT molecular complexity index is 999. The Labute approximate surface area is 199 Å². The lowest BCUT2D eigenvalue weighted by Gasteiger charge is -2.39. The number of carbonyl (C=O) groups is 2. The van der Waals surface area contributed by atoms with Crippen molar-refractivity contribution in [3.8, 4) is 41.1 Å². The first kappa shape index (κ1) is 27.9. The third-order valence-electron chi connectivity index (χ3n) is 5.34. The van der Waals surface area contributed by atoms with Crippen LogP contribution in [0.1, 0.15) is 82.6 Å². The normalized spacial score (nSPS) is 15.0. The summed E-state index contributed by atoms with van der Waals surface area (Å²) in [6.07, 6.45) is 5.47. The molecule has 0 amide bonds. The molecule has 0 spiro atoms. The van der Waals surface area contributed by atoms with Crippen LogP contribution in [-0.2, 0) is 11.2 Å². The van der Waals surface area contributed by atoms with E-state index in [1.807, 2.05) is 25.9 Å². The highest BCUT2D eigenvalue weighted by Crippen LogP contribution is 2.43. The number of rotatable bonds is 8. The highest BCUT2D eigenvalue weighted by Gasteiger charge is 2.44. The zero-order valence-electron chi connectivity index (χ0n) is 20.4. The molecule has 5 nitrogen and oxygen atoms in total. The molecular weight excluding hydrogens is 413 g/mol. The lowest BCUT2D eigenvalue weighted by molar-refractivity contribution is -0.117. The number of Topliss-reactive ketones (excluding diaryl/α,β-unsaturated/α-hetero) is 2. The summed E-state index contributed by atoms with van der Waals surface area (Å²) in [5.41, 5.74) is 0.571. The van der Waals surface area contributed by atoms with E-state index in [1.54, 1.807) is 13.0 Å². The summed E-state index contributed by atoms with van der Waals surface area (Å²) in [6, 6.07) is 3.56. The second-order valence-corrected chi connectivity index (χ2v) is 8.52. The van der Waals surface area contributed by atoms with Gasteiger partial charge in [0.2, 0.25) is 0 Å². The Morgan fingerprint density at radius 3 is 2.61 bits per heavy atom. The van der Waals surface area contributed by atoms with E-state index >= 15 is 0 Å². The van der Waals surface area contributed by atoms with E-state index in [4.69, 9.17) is 10.00 Å². The third kappa shape index (κ3) is 9.07. The zero-order valence-corrected chi connectivity index (χ0v) is 20.4. The van der Waals surface area contributed by atoms with Gasteiger partial charge in [0.05, 0.1) is 5.92 Å². The van der Waals surface area contributed by atoms with Crippen LogP contribution in [0.5, 0.6) is 11.5 Å². The minimum absolute atomic E-state index is 0.00711. The molecule has 0 aromatic heterocycles. The number of aromatic hydroxyl groups is 1. The first-order chi connectivity index (χ1) is 15.7. The van der Waals surface area contributed by atoms with Crippen LogP contribution in [0.25, 0.3) is 0 Å². The van der Waals surface area contributed by atoms with Crippen molar-refractivity contribution in [1.82, 2.24) is 0 Å². The van der Waals surface area contributed by atoms with Crippen molar-refractivity contribution in [2.45, 2.75) is 85.1 Å². The van der Waals surface area contributed by atoms with Crippen molar-refractivity contribution in [3.63, 3.8) is 0 Å². The van der Waals surface area contributed by atoms with Gasteiger partial charge in [-0.05, 0) is 88.8 Å². The van der Waals surface area contributed by atoms with Gasteiger partial charge in [0.15, 0.2) is 5.78 Å². The van der Waals surface area contributed by atoms with Crippen LogP contribution >= 0.6 is 0 Å². The quantitative estimate of drug-likeness (QED) is 0.342. The summed E-state index contributed by atoms with van der Waals surface area (Å²) in [5, 5.41) is 18.4. The molecule has 173 valence electrons. The summed E-state index contributed by atoms with van der Waals surface area (Å²) < 4.78 is 6.07. The average Bonchev–Trinajstić information content (AvgIpc) is 2.73. The summed E-state index contributed by atoms with van der Waals surface area (Å²) in [7, 11) is 1.43. The van der Waals surface area contributed by atoms with Crippen molar-refractivity contribution in [3.05, 3.63) is 23.3 Å². The fourth-order valence-electron chi connectivity index (χ4n) is 3.63. The summed E-state index contributed by atoms with van der Waals surface area (Å²) in [5.74, 6) is 12.3. The lowest BCUT2D eigenvalue weighted by Crippen LogP contribution is -2.46. The Kier molecular flexibility index (Phi) is 11.9. The minimum atomic E-state index is -0.686. The van der Waals surface area contributed by atoms with E-state index in [2.05, 4.69) is 30.6 Å². The predicted molar refractivity (Wildman–Crippen MR) is 131 cm³/mol. The molecular formula is C27H33BNO4. The molecule has 1 aliphatic rings. The molecule has 1 heterocycles. The van der Waals surface area contributed by atoms with Gasteiger partial charge in [-0.1, -0.05) is 31.6 Å². The van der Waals surface area contributed by atoms with Crippen LogP contribution < -0.4 is 4.74 Å². The minimum Gasteiger partial charge on any atom is -0.507 e. The van der Waals surface area contributed by atoms with Crippen molar-refractivity contribution < 1.29 is 19.4 Å². The number of ether oxygens (including phenoxy) is 1. The van der Waals surface area contributed by atoms with E-state index in [1.165, 1.54) is 14.2 Å². The van der Waals surface area contributed by atoms with E-state index in [0.29, 0.717) is 24.9 Å². The number of ketones is 2. The number of phenols is 1. The number of carbonyl (C=O) groups excluding carboxylic acids is 2. The zero-order chi connectivity index (χ0) is 24.9. The molecule has 1 atom stereocenters. The molecule has 0 fully saturated rings. The van der Waals surface area contributed by atoms with Crippen LogP contribution in [0.15, 0.2) is 12.1 Å². The predicted octanol–water partition coefficient (Wildman–Crippen LogP) is 5.08. The van der Waals surface area contributed by atoms with Crippen LogP contribution in [0.2, 0.25) is 6.32 Å². The molecule has 1 unspecified atom stereocenters. The Morgan fingerprint density at radius 2 is 2.00 bits per heavy atom. The van der Waals surface area contributed by atoms with Gasteiger partial charge in [-0.2, -0.15) is 0 Å². The van der Waals surface area contributed by atoms with Gasteiger partial charge in [0.25, 0.3) is 7.28 Å². The number of hydrogen-bond donors (Lipinski definition) is 1. The fourth-order valence-corrected chi connectivity index (χ4v) is 3.63. The number of aryl methyl sites for hydroxylation is 1. The largest absolute Gasteiger partial charge is 0.507 e. The van der Waals surface area contributed by atoms with Crippen molar-refractivity contribution in [2.75, 3.05) is 0 Å². The highest BCUT2D eigenvalue weighted by atomic mass is 16.5. The Morgan fingerprint density at radius 1 is 1.27 bits per heavy atom. The number of nitrogens with zero attached hydrogens (tertiary/aromatic N) is 1. The molecule has 6 heteroatoms. The van der Waals surface area contributed by atoms with E-state index in [9.17, 15) is 14.7 Å². The van der Waals surface area contributed by atoms with Gasteiger partial charge >= 0.3 is 0 Å². The summed E-state index contributed by atoms with van der Waals surface area (Å²) in [6.45, 7) is 9.15. The van der Waals surface area contributed by atoms with Gasteiger partial charge in [-0.15, -0.1) is 0 Å². The van der Waals surface area contributed by atoms with Crippen molar-refractivity contribution in [1.29, 1.82) is 5.26 Å². The van der Waals surface area contributed by atoms with E-state index < -0.39 is 11.5 Å². The van der Waals surface area contributed by atoms with Crippen LogP contribution in [0.3, 0.4) is 0 Å². The molecule has 0 aliphatic carbocycles. The monoisotopic (exact) mass is 446 g/mol. The Balaban J connectivity index is 0.000000513. The fraction of sp³-hybridized carbons (Fsp3) is 0.519. The molecule has 1 radical (unpaired) electrons. The maximum absolute atomic E-state index is 12.9. The molecule has 1 aliphatic heterocycles. The first-order valence-corrected chi connectivity index (χ1v) is 11.4. The maximum Gasteiger partial charge on any atom is 0.267 e. The SMILES string of the molecule is CC#CC#CC[B]C#N.CCCCCc1cc(O)c2c(c1)OC(C)(C)C(CCC(C)=O)C2=O. The average molecular weight is 446 g/mol. The molecule has 1 aromatic carbocycles.